The summed E-state index contributed by atoms with van der Waals surface area (Å²) in [6, 6.07) is 38.0. The lowest BCUT2D eigenvalue weighted by atomic mass is 10.0. The molecule has 0 spiro atoms. The molecular formula is C30H19N3. The van der Waals surface area contributed by atoms with Crippen LogP contribution in [-0.2, 0) is 0 Å². The van der Waals surface area contributed by atoms with Crippen LogP contribution in [0, 0.1) is 0 Å². The summed E-state index contributed by atoms with van der Waals surface area (Å²) in [6.45, 7) is 0. The van der Waals surface area contributed by atoms with E-state index in [0.717, 1.165) is 66.1 Å². The number of para-hydroxylation sites is 2. The van der Waals surface area contributed by atoms with Gasteiger partial charge in [0, 0.05) is 44.1 Å². The van der Waals surface area contributed by atoms with Gasteiger partial charge in [-0.25, -0.2) is 9.97 Å². The molecule has 4 aromatic carbocycles. The van der Waals surface area contributed by atoms with E-state index in [0.29, 0.717) is 0 Å². The first kappa shape index (κ1) is 18.1. The van der Waals surface area contributed by atoms with Gasteiger partial charge in [0.05, 0.1) is 22.1 Å². The molecule has 154 valence electrons. The molecule has 3 heterocycles. The van der Waals surface area contributed by atoms with E-state index in [1.54, 1.807) is 0 Å². The number of fused-ring (bicyclic) bond motifs is 4. The van der Waals surface area contributed by atoms with E-state index in [2.05, 4.69) is 102 Å². The Morgan fingerprint density at radius 3 is 1.39 bits per heavy atom. The van der Waals surface area contributed by atoms with Crippen LogP contribution in [0.1, 0.15) is 0 Å². The molecule has 0 aliphatic heterocycles. The molecule has 1 N–H and O–H groups in total. The maximum Gasteiger partial charge on any atom is 0.0716 e. The highest BCUT2D eigenvalue weighted by atomic mass is 14.7. The van der Waals surface area contributed by atoms with Crippen LogP contribution < -0.4 is 0 Å². The van der Waals surface area contributed by atoms with Crippen molar-refractivity contribution < 1.29 is 0 Å². The number of aromatic nitrogens is 3. The Bertz CT molecular complexity index is 1690. The summed E-state index contributed by atoms with van der Waals surface area (Å²) < 4.78 is 0. The third-order valence-electron chi connectivity index (χ3n) is 6.39. The Morgan fingerprint density at radius 1 is 0.424 bits per heavy atom. The van der Waals surface area contributed by atoms with E-state index in [-0.39, 0.29) is 0 Å². The van der Waals surface area contributed by atoms with Gasteiger partial charge >= 0.3 is 0 Å². The average molecular weight is 422 g/mol. The fourth-order valence-corrected chi connectivity index (χ4v) is 4.78. The van der Waals surface area contributed by atoms with Gasteiger partial charge in [0.2, 0.25) is 0 Å². The monoisotopic (exact) mass is 421 g/mol. The van der Waals surface area contributed by atoms with Gasteiger partial charge in [0.1, 0.15) is 0 Å². The number of nitrogens with zero attached hydrogens (tertiary/aromatic N) is 2. The van der Waals surface area contributed by atoms with Crippen molar-refractivity contribution in [1.29, 1.82) is 0 Å². The molecule has 7 rings (SSSR count). The highest BCUT2D eigenvalue weighted by Crippen LogP contribution is 2.34. The first-order valence-corrected chi connectivity index (χ1v) is 11.1. The molecule has 3 aromatic heterocycles. The molecule has 0 saturated carbocycles. The number of aromatic amines is 1. The van der Waals surface area contributed by atoms with Gasteiger partial charge in [-0.2, -0.15) is 0 Å². The highest BCUT2D eigenvalue weighted by Gasteiger charge is 2.12. The van der Waals surface area contributed by atoms with E-state index < -0.39 is 0 Å². The molecule has 0 unspecified atom stereocenters. The van der Waals surface area contributed by atoms with Crippen molar-refractivity contribution in [3.63, 3.8) is 0 Å². The van der Waals surface area contributed by atoms with Crippen LogP contribution in [0.15, 0.2) is 109 Å². The number of rotatable bonds is 2. The molecule has 0 amide bonds. The molecule has 0 atom stereocenters. The van der Waals surface area contributed by atoms with Crippen molar-refractivity contribution in [3.8, 4) is 22.5 Å². The topological polar surface area (TPSA) is 41.6 Å². The molecule has 0 radical (unpaired) electrons. The number of benzene rings is 4. The van der Waals surface area contributed by atoms with Gasteiger partial charge in [-0.05, 0) is 48.5 Å². The average Bonchev–Trinajstić information content (AvgIpc) is 3.35. The minimum atomic E-state index is 1.00. The summed E-state index contributed by atoms with van der Waals surface area (Å²) in [6.07, 6.45) is 0. The first-order valence-electron chi connectivity index (χ1n) is 11.1. The van der Waals surface area contributed by atoms with Crippen LogP contribution in [0.2, 0.25) is 0 Å². The summed E-state index contributed by atoms with van der Waals surface area (Å²) in [5.74, 6) is 0. The Kier molecular flexibility index (Phi) is 3.84. The molecule has 0 saturated heterocycles. The quantitative estimate of drug-likeness (QED) is 0.290. The van der Waals surface area contributed by atoms with E-state index in [1.165, 1.54) is 0 Å². The highest BCUT2D eigenvalue weighted by molar-refractivity contribution is 6.03. The van der Waals surface area contributed by atoms with Crippen LogP contribution >= 0.6 is 0 Å². The lowest BCUT2D eigenvalue weighted by Crippen LogP contribution is -1.88. The Balaban J connectivity index is 1.41. The van der Waals surface area contributed by atoms with Gasteiger partial charge in [-0.15, -0.1) is 0 Å². The molecule has 0 bridgehead atoms. The van der Waals surface area contributed by atoms with E-state index in [1.807, 2.05) is 12.1 Å². The smallest absolute Gasteiger partial charge is 0.0716 e. The van der Waals surface area contributed by atoms with E-state index >= 15 is 0 Å². The maximum absolute atomic E-state index is 4.88. The molecule has 0 aliphatic rings. The Labute approximate surface area is 190 Å². The van der Waals surface area contributed by atoms with Gasteiger partial charge in [-0.1, -0.05) is 60.7 Å². The third-order valence-corrected chi connectivity index (χ3v) is 6.39. The zero-order chi connectivity index (χ0) is 21.8. The molecule has 3 nitrogen and oxygen atoms in total. The van der Waals surface area contributed by atoms with Crippen LogP contribution in [0.25, 0.3) is 66.1 Å². The van der Waals surface area contributed by atoms with Crippen molar-refractivity contribution in [2.45, 2.75) is 0 Å². The van der Waals surface area contributed by atoms with E-state index in [9.17, 15) is 0 Å². The SMILES string of the molecule is c1ccc2nc3cccc(-c4ccc(-c5cccc6nc7ccccc7cc56)[nH]4)c3cc2c1. The minimum Gasteiger partial charge on any atom is -0.355 e. The first-order chi connectivity index (χ1) is 16.3. The summed E-state index contributed by atoms with van der Waals surface area (Å²) in [4.78, 5) is 13.4. The number of hydrogen-bond acceptors (Lipinski definition) is 2. The summed E-state index contributed by atoms with van der Waals surface area (Å²) >= 11 is 0. The van der Waals surface area contributed by atoms with Crippen LogP contribution in [0.3, 0.4) is 0 Å². The van der Waals surface area contributed by atoms with Crippen molar-refractivity contribution in [3.05, 3.63) is 109 Å². The second kappa shape index (κ2) is 7.01. The van der Waals surface area contributed by atoms with Crippen molar-refractivity contribution >= 4 is 43.6 Å². The van der Waals surface area contributed by atoms with Gasteiger partial charge in [0.15, 0.2) is 0 Å². The maximum atomic E-state index is 4.88. The van der Waals surface area contributed by atoms with E-state index in [4.69, 9.17) is 9.97 Å². The fourth-order valence-electron chi connectivity index (χ4n) is 4.78. The lowest BCUT2D eigenvalue weighted by molar-refractivity contribution is 1.40. The van der Waals surface area contributed by atoms with Crippen LogP contribution in [-0.4, -0.2) is 15.0 Å². The molecule has 3 heteroatoms. The number of hydrogen-bond donors (Lipinski definition) is 1. The second-order valence-electron chi connectivity index (χ2n) is 8.39. The lowest BCUT2D eigenvalue weighted by Gasteiger charge is -2.08. The zero-order valence-electron chi connectivity index (χ0n) is 17.8. The van der Waals surface area contributed by atoms with Gasteiger partial charge < -0.3 is 4.98 Å². The predicted octanol–water partition coefficient (Wildman–Crippen LogP) is 7.75. The molecule has 7 aromatic rings. The van der Waals surface area contributed by atoms with Crippen molar-refractivity contribution in [1.82, 2.24) is 15.0 Å². The number of H-pyrrole nitrogens is 1. The minimum absolute atomic E-state index is 1.00. The van der Waals surface area contributed by atoms with Crippen molar-refractivity contribution in [2.24, 2.45) is 0 Å². The van der Waals surface area contributed by atoms with Gasteiger partial charge in [-0.3, -0.25) is 0 Å². The van der Waals surface area contributed by atoms with Crippen LogP contribution in [0.5, 0.6) is 0 Å². The standard InChI is InChI=1S/C30H19N3/c1-3-11-25-19(7-1)17-23-21(9-5-13-27(23)31-25)29-15-16-30(33-29)22-10-6-14-28-24(22)18-20-8-2-4-12-26(20)32-28/h1-18,33H. The second-order valence-corrected chi connectivity index (χ2v) is 8.39. The summed E-state index contributed by atoms with van der Waals surface area (Å²) in [5, 5.41) is 4.60. The summed E-state index contributed by atoms with van der Waals surface area (Å²) in [5.41, 5.74) is 8.51. The normalized spacial score (nSPS) is 11.6. The summed E-state index contributed by atoms with van der Waals surface area (Å²) in [7, 11) is 0. The Hall–Kier alpha value is -4.50. The zero-order valence-corrected chi connectivity index (χ0v) is 17.8. The molecule has 33 heavy (non-hydrogen) atoms. The third kappa shape index (κ3) is 2.90. The van der Waals surface area contributed by atoms with Crippen LogP contribution in [0.4, 0.5) is 0 Å². The number of nitrogens with one attached hydrogen (secondary N) is 1. The molecule has 0 fully saturated rings. The molecular weight excluding hydrogens is 402 g/mol. The van der Waals surface area contributed by atoms with Gasteiger partial charge in [0.25, 0.3) is 0 Å². The largest absolute Gasteiger partial charge is 0.355 e. The molecule has 0 aliphatic carbocycles. The van der Waals surface area contributed by atoms with Crippen molar-refractivity contribution in [2.75, 3.05) is 0 Å². The predicted molar refractivity (Wildman–Crippen MR) is 137 cm³/mol. The number of pyridine rings is 2. The fraction of sp³-hybridized carbons (Fsp3) is 0. The Morgan fingerprint density at radius 2 is 0.879 bits per heavy atom.